The second kappa shape index (κ2) is 3.09. The lowest BCUT2D eigenvalue weighted by Gasteiger charge is -2.34. The van der Waals surface area contributed by atoms with Crippen LogP contribution in [0.2, 0.25) is 0 Å². The Morgan fingerprint density at radius 2 is 2.27 bits per heavy atom. The molecule has 3 heteroatoms. The van der Waals surface area contributed by atoms with Gasteiger partial charge in [-0.05, 0) is 26.7 Å². The highest BCUT2D eigenvalue weighted by atomic mass is 16.5. The predicted octanol–water partition coefficient (Wildman–Crippen LogP) is 0.230. The lowest BCUT2D eigenvalue weighted by molar-refractivity contribution is 0.0446. The number of rotatable bonds is 2. The maximum atomic E-state index is 6.01. The maximum Gasteiger partial charge on any atom is 0.0767 e. The van der Waals surface area contributed by atoms with E-state index >= 15 is 0 Å². The van der Waals surface area contributed by atoms with Gasteiger partial charge in [-0.15, -0.1) is 0 Å². The average molecular weight is 158 g/mol. The predicted molar refractivity (Wildman–Crippen MR) is 45.2 cm³/mol. The van der Waals surface area contributed by atoms with E-state index in [0.717, 1.165) is 19.4 Å². The Bertz CT molecular complexity index is 128. The Morgan fingerprint density at radius 1 is 1.64 bits per heavy atom. The third-order valence-corrected chi connectivity index (χ3v) is 2.60. The normalized spacial score (nSPS) is 33.3. The largest absolute Gasteiger partial charge is 0.376 e. The van der Waals surface area contributed by atoms with E-state index in [1.165, 1.54) is 0 Å². The van der Waals surface area contributed by atoms with Crippen LogP contribution < -0.4 is 11.5 Å². The molecule has 0 aliphatic carbocycles. The number of hydrogen-bond donors (Lipinski definition) is 2. The molecule has 0 radical (unpaired) electrons. The van der Waals surface area contributed by atoms with Gasteiger partial charge in [-0.25, -0.2) is 0 Å². The minimum Gasteiger partial charge on any atom is -0.376 e. The van der Waals surface area contributed by atoms with Gasteiger partial charge in [0.15, 0.2) is 0 Å². The van der Waals surface area contributed by atoms with Crippen LogP contribution >= 0.6 is 0 Å². The lowest BCUT2D eigenvalue weighted by Crippen LogP contribution is -2.59. The summed E-state index contributed by atoms with van der Waals surface area (Å²) in [4.78, 5) is 0. The quantitative estimate of drug-likeness (QED) is 0.604. The number of hydrogen-bond acceptors (Lipinski definition) is 3. The first-order valence-corrected chi connectivity index (χ1v) is 4.21. The van der Waals surface area contributed by atoms with Crippen LogP contribution in [0.3, 0.4) is 0 Å². The second-order valence-electron chi connectivity index (χ2n) is 3.66. The van der Waals surface area contributed by atoms with E-state index in [1.54, 1.807) is 0 Å². The van der Waals surface area contributed by atoms with Crippen molar-refractivity contribution in [3.63, 3.8) is 0 Å². The van der Waals surface area contributed by atoms with Crippen LogP contribution in [0, 0.1) is 0 Å². The molecule has 1 fully saturated rings. The van der Waals surface area contributed by atoms with Gasteiger partial charge in [0, 0.05) is 12.6 Å². The summed E-state index contributed by atoms with van der Waals surface area (Å²) in [6.45, 7) is 4.74. The molecule has 0 aromatic carbocycles. The van der Waals surface area contributed by atoms with Crippen LogP contribution in [0.25, 0.3) is 0 Å². The van der Waals surface area contributed by atoms with Crippen LogP contribution in [0.15, 0.2) is 0 Å². The molecule has 4 N–H and O–H groups in total. The number of nitrogens with two attached hydrogens (primary N) is 2. The van der Waals surface area contributed by atoms with Crippen molar-refractivity contribution < 1.29 is 4.74 Å². The summed E-state index contributed by atoms with van der Waals surface area (Å²) in [7, 11) is 0. The van der Waals surface area contributed by atoms with Gasteiger partial charge in [0.2, 0.25) is 0 Å². The van der Waals surface area contributed by atoms with Crippen LogP contribution in [0.1, 0.15) is 26.7 Å². The maximum absolute atomic E-state index is 6.01. The van der Waals surface area contributed by atoms with Gasteiger partial charge in [0.1, 0.15) is 0 Å². The summed E-state index contributed by atoms with van der Waals surface area (Å²) in [6.07, 6.45) is 2.32. The Balaban J connectivity index is 2.55. The Labute approximate surface area is 68.1 Å². The molecule has 0 spiro atoms. The van der Waals surface area contributed by atoms with Crippen LogP contribution in [-0.4, -0.2) is 24.3 Å². The van der Waals surface area contributed by atoms with E-state index in [-0.39, 0.29) is 17.7 Å². The fourth-order valence-corrected chi connectivity index (χ4v) is 1.36. The third-order valence-electron chi connectivity index (χ3n) is 2.60. The van der Waals surface area contributed by atoms with Gasteiger partial charge in [0.25, 0.3) is 0 Å². The fourth-order valence-electron chi connectivity index (χ4n) is 1.36. The second-order valence-corrected chi connectivity index (χ2v) is 3.66. The molecule has 0 aromatic rings. The van der Waals surface area contributed by atoms with Crippen molar-refractivity contribution in [2.24, 2.45) is 11.5 Å². The van der Waals surface area contributed by atoms with Gasteiger partial charge in [-0.3, -0.25) is 0 Å². The standard InChI is InChI=1S/C8H18N2O/c1-6(9)8(2,10)7-4-3-5-11-7/h6-7H,3-5,9-10H2,1-2H3. The fraction of sp³-hybridized carbons (Fsp3) is 1.00. The van der Waals surface area contributed by atoms with E-state index in [2.05, 4.69) is 0 Å². The molecule has 3 unspecified atom stereocenters. The molecule has 0 amide bonds. The molecule has 11 heavy (non-hydrogen) atoms. The highest BCUT2D eigenvalue weighted by Crippen LogP contribution is 2.23. The third kappa shape index (κ3) is 1.72. The minimum atomic E-state index is -0.365. The van der Waals surface area contributed by atoms with E-state index < -0.39 is 0 Å². The molecule has 3 atom stereocenters. The van der Waals surface area contributed by atoms with Gasteiger partial charge >= 0.3 is 0 Å². The zero-order valence-electron chi connectivity index (χ0n) is 7.34. The molecule has 1 aliphatic rings. The summed E-state index contributed by atoms with van der Waals surface area (Å²) >= 11 is 0. The molecule has 0 bridgehead atoms. The zero-order chi connectivity index (χ0) is 8.48. The molecule has 1 heterocycles. The van der Waals surface area contributed by atoms with Gasteiger partial charge in [0.05, 0.1) is 11.6 Å². The molecule has 66 valence electrons. The smallest absolute Gasteiger partial charge is 0.0767 e. The molecule has 1 rings (SSSR count). The average Bonchev–Trinajstić information content (AvgIpc) is 2.37. The van der Waals surface area contributed by atoms with Crippen molar-refractivity contribution in [2.45, 2.75) is 44.4 Å². The summed E-state index contributed by atoms with van der Waals surface area (Å²) in [5, 5.41) is 0. The van der Waals surface area contributed by atoms with Gasteiger partial charge < -0.3 is 16.2 Å². The lowest BCUT2D eigenvalue weighted by atomic mass is 9.87. The van der Waals surface area contributed by atoms with Crippen molar-refractivity contribution in [3.8, 4) is 0 Å². The van der Waals surface area contributed by atoms with Crippen LogP contribution in [0.4, 0.5) is 0 Å². The van der Waals surface area contributed by atoms with Crippen LogP contribution in [0.5, 0.6) is 0 Å². The highest BCUT2D eigenvalue weighted by Gasteiger charge is 2.36. The summed E-state index contributed by atoms with van der Waals surface area (Å²) in [6, 6.07) is -0.00870. The summed E-state index contributed by atoms with van der Waals surface area (Å²) in [5.41, 5.74) is 11.4. The van der Waals surface area contributed by atoms with Crippen molar-refractivity contribution >= 4 is 0 Å². The van der Waals surface area contributed by atoms with Crippen LogP contribution in [-0.2, 0) is 4.74 Å². The van der Waals surface area contributed by atoms with Gasteiger partial charge in [-0.2, -0.15) is 0 Å². The topological polar surface area (TPSA) is 61.3 Å². The number of ether oxygens (including phenoxy) is 1. The van der Waals surface area contributed by atoms with Crippen molar-refractivity contribution in [1.82, 2.24) is 0 Å². The van der Waals surface area contributed by atoms with E-state index in [0.29, 0.717) is 0 Å². The molecule has 3 nitrogen and oxygen atoms in total. The Hall–Kier alpha value is -0.120. The molecular weight excluding hydrogens is 140 g/mol. The van der Waals surface area contributed by atoms with Crippen molar-refractivity contribution in [2.75, 3.05) is 6.61 Å². The first-order chi connectivity index (χ1) is 5.05. The zero-order valence-corrected chi connectivity index (χ0v) is 7.34. The van der Waals surface area contributed by atoms with E-state index in [1.807, 2.05) is 13.8 Å². The SMILES string of the molecule is CC(N)C(C)(N)C1CCCO1. The Kier molecular flexibility index (Phi) is 2.52. The molecule has 0 saturated carbocycles. The van der Waals surface area contributed by atoms with Crippen molar-refractivity contribution in [1.29, 1.82) is 0 Å². The first kappa shape index (κ1) is 8.97. The van der Waals surface area contributed by atoms with E-state index in [9.17, 15) is 0 Å². The monoisotopic (exact) mass is 158 g/mol. The molecular formula is C8H18N2O. The van der Waals surface area contributed by atoms with Gasteiger partial charge in [-0.1, -0.05) is 0 Å². The molecule has 0 aromatic heterocycles. The van der Waals surface area contributed by atoms with E-state index in [4.69, 9.17) is 16.2 Å². The molecule has 1 aliphatic heterocycles. The first-order valence-electron chi connectivity index (χ1n) is 4.21. The minimum absolute atomic E-state index is 0.00870. The summed E-state index contributed by atoms with van der Waals surface area (Å²) < 4.78 is 5.47. The molecule has 1 saturated heterocycles. The highest BCUT2D eigenvalue weighted by molar-refractivity contribution is 4.96. The van der Waals surface area contributed by atoms with Crippen molar-refractivity contribution in [3.05, 3.63) is 0 Å². The summed E-state index contributed by atoms with van der Waals surface area (Å²) in [5.74, 6) is 0. The Morgan fingerprint density at radius 3 is 2.64 bits per heavy atom.